The Morgan fingerprint density at radius 1 is 1.10 bits per heavy atom. The number of hydrogen-bond acceptors (Lipinski definition) is 6. The van der Waals surface area contributed by atoms with Crippen LogP contribution in [-0.2, 0) is 9.47 Å². The van der Waals surface area contributed by atoms with Gasteiger partial charge in [-0.05, 0) is 23.7 Å². The van der Waals surface area contributed by atoms with Gasteiger partial charge in [0.2, 0.25) is 0 Å². The normalized spacial score (nSPS) is 10.3. The Kier molecular flexibility index (Phi) is 4.82. The third-order valence-electron chi connectivity index (χ3n) is 2.65. The van der Waals surface area contributed by atoms with Crippen LogP contribution in [0.3, 0.4) is 0 Å². The highest BCUT2D eigenvalue weighted by Crippen LogP contribution is 2.38. The van der Waals surface area contributed by atoms with Crippen LogP contribution in [0.1, 0.15) is 20.0 Å². The van der Waals surface area contributed by atoms with Crippen molar-refractivity contribution in [2.75, 3.05) is 14.2 Å². The van der Waals surface area contributed by atoms with Crippen LogP contribution in [0, 0.1) is 0 Å². The summed E-state index contributed by atoms with van der Waals surface area (Å²) in [6.45, 7) is 0. The minimum atomic E-state index is -0.713. The molecule has 1 aromatic heterocycles. The predicted molar refractivity (Wildman–Crippen MR) is 80.2 cm³/mol. The van der Waals surface area contributed by atoms with Crippen LogP contribution in [0.15, 0.2) is 18.2 Å². The molecule has 0 fully saturated rings. The predicted octanol–water partition coefficient (Wildman–Crippen LogP) is 3.69. The SMILES string of the molecule is COC(=O)c1snc(-c2c(Cl)cccc2Cl)c1C(=O)OC. The van der Waals surface area contributed by atoms with Crippen molar-refractivity contribution in [3.05, 3.63) is 38.7 Å². The van der Waals surface area contributed by atoms with Crippen LogP contribution in [0.5, 0.6) is 0 Å². The maximum absolute atomic E-state index is 12.0. The molecule has 0 saturated carbocycles. The van der Waals surface area contributed by atoms with Crippen molar-refractivity contribution in [3.63, 3.8) is 0 Å². The molecule has 2 aromatic rings. The van der Waals surface area contributed by atoms with Gasteiger partial charge in [0, 0.05) is 5.56 Å². The summed E-state index contributed by atoms with van der Waals surface area (Å²) in [5.74, 6) is -1.39. The minimum Gasteiger partial charge on any atom is -0.465 e. The van der Waals surface area contributed by atoms with Crippen molar-refractivity contribution in [2.24, 2.45) is 0 Å². The number of carbonyl (C=O) groups is 2. The molecule has 0 saturated heterocycles. The number of halogens is 2. The van der Waals surface area contributed by atoms with Gasteiger partial charge in [0.15, 0.2) is 0 Å². The molecule has 0 radical (unpaired) electrons. The lowest BCUT2D eigenvalue weighted by Crippen LogP contribution is -2.10. The van der Waals surface area contributed by atoms with Gasteiger partial charge < -0.3 is 9.47 Å². The Bertz CT molecular complexity index is 694. The molecule has 1 heterocycles. The van der Waals surface area contributed by atoms with Crippen molar-refractivity contribution in [1.29, 1.82) is 0 Å². The lowest BCUT2D eigenvalue weighted by atomic mass is 10.1. The van der Waals surface area contributed by atoms with Crippen molar-refractivity contribution >= 4 is 46.7 Å². The molecule has 0 aliphatic rings. The number of nitrogens with zero attached hydrogens (tertiary/aromatic N) is 1. The molecule has 0 aliphatic heterocycles. The number of aromatic nitrogens is 1. The van der Waals surface area contributed by atoms with Gasteiger partial charge in [0.1, 0.15) is 16.1 Å². The van der Waals surface area contributed by atoms with E-state index < -0.39 is 11.9 Å². The molecule has 0 unspecified atom stereocenters. The number of esters is 2. The maximum atomic E-state index is 12.0. The molecule has 2 rings (SSSR count). The highest BCUT2D eigenvalue weighted by Gasteiger charge is 2.29. The molecule has 0 amide bonds. The fourth-order valence-electron chi connectivity index (χ4n) is 1.71. The summed E-state index contributed by atoms with van der Waals surface area (Å²) in [5, 5.41) is 0.628. The molecule has 1 aromatic carbocycles. The highest BCUT2D eigenvalue weighted by molar-refractivity contribution is 7.08. The fourth-order valence-corrected chi connectivity index (χ4v) is 3.08. The maximum Gasteiger partial charge on any atom is 0.350 e. The number of carbonyl (C=O) groups excluding carboxylic acids is 2. The van der Waals surface area contributed by atoms with Crippen LogP contribution < -0.4 is 0 Å². The van der Waals surface area contributed by atoms with Crippen molar-refractivity contribution < 1.29 is 19.1 Å². The Balaban J connectivity index is 2.73. The van der Waals surface area contributed by atoms with E-state index in [9.17, 15) is 9.59 Å². The van der Waals surface area contributed by atoms with E-state index in [0.29, 0.717) is 15.6 Å². The van der Waals surface area contributed by atoms with Crippen LogP contribution in [-0.4, -0.2) is 30.5 Å². The topological polar surface area (TPSA) is 65.5 Å². The van der Waals surface area contributed by atoms with E-state index in [0.717, 1.165) is 11.5 Å². The summed E-state index contributed by atoms with van der Waals surface area (Å²) in [6.07, 6.45) is 0. The molecule has 110 valence electrons. The van der Waals surface area contributed by atoms with Gasteiger partial charge in [-0.25, -0.2) is 9.59 Å². The molecule has 5 nitrogen and oxygen atoms in total. The molecule has 0 N–H and O–H groups in total. The average molecular weight is 346 g/mol. The second kappa shape index (κ2) is 6.43. The summed E-state index contributed by atoms with van der Waals surface area (Å²) in [6, 6.07) is 4.89. The lowest BCUT2D eigenvalue weighted by Gasteiger charge is -2.07. The van der Waals surface area contributed by atoms with E-state index in [4.69, 9.17) is 27.9 Å². The third kappa shape index (κ3) is 2.88. The monoisotopic (exact) mass is 345 g/mol. The van der Waals surface area contributed by atoms with Gasteiger partial charge in [-0.1, -0.05) is 29.3 Å². The van der Waals surface area contributed by atoms with Crippen LogP contribution in [0.4, 0.5) is 0 Å². The first-order valence-electron chi connectivity index (χ1n) is 5.62. The zero-order valence-electron chi connectivity index (χ0n) is 11.0. The summed E-state index contributed by atoms with van der Waals surface area (Å²) >= 11 is 13.1. The number of rotatable bonds is 3. The van der Waals surface area contributed by atoms with Gasteiger partial charge in [-0.2, -0.15) is 4.37 Å². The summed E-state index contributed by atoms with van der Waals surface area (Å²) in [5.41, 5.74) is 0.555. The molecule has 0 spiro atoms. The Hall–Kier alpha value is -1.63. The number of ether oxygens (including phenoxy) is 2. The van der Waals surface area contributed by atoms with E-state index in [1.807, 2.05) is 0 Å². The standard InChI is InChI=1S/C13H9Cl2NO4S/c1-19-12(17)9-10(16-21-11(9)13(18)20-2)8-6(14)4-3-5-7(8)15/h3-5H,1-2H3. The molecule has 0 bridgehead atoms. The first kappa shape index (κ1) is 15.8. The van der Waals surface area contributed by atoms with Gasteiger partial charge in [-0.15, -0.1) is 0 Å². The fraction of sp³-hybridized carbons (Fsp3) is 0.154. The Morgan fingerprint density at radius 2 is 1.67 bits per heavy atom. The first-order chi connectivity index (χ1) is 10.0. The number of hydrogen-bond donors (Lipinski definition) is 0. The van der Waals surface area contributed by atoms with E-state index in [1.54, 1.807) is 18.2 Å². The number of benzene rings is 1. The molecular formula is C13H9Cl2NO4S. The summed E-state index contributed by atoms with van der Waals surface area (Å²) in [7, 11) is 2.42. The zero-order chi connectivity index (χ0) is 15.6. The largest absolute Gasteiger partial charge is 0.465 e. The van der Waals surface area contributed by atoms with Gasteiger partial charge in [0.05, 0.1) is 24.3 Å². The quantitative estimate of drug-likeness (QED) is 0.793. The van der Waals surface area contributed by atoms with Gasteiger partial charge in [-0.3, -0.25) is 0 Å². The van der Waals surface area contributed by atoms with Crippen molar-refractivity contribution in [3.8, 4) is 11.3 Å². The average Bonchev–Trinajstić information content (AvgIpc) is 2.90. The lowest BCUT2D eigenvalue weighted by molar-refractivity contribution is 0.0560. The molecular weight excluding hydrogens is 337 g/mol. The van der Waals surface area contributed by atoms with Crippen molar-refractivity contribution in [1.82, 2.24) is 4.37 Å². The van der Waals surface area contributed by atoms with Crippen LogP contribution in [0.25, 0.3) is 11.3 Å². The Morgan fingerprint density at radius 3 is 2.19 bits per heavy atom. The summed E-state index contributed by atoms with van der Waals surface area (Å²) in [4.78, 5) is 23.8. The van der Waals surface area contributed by atoms with Gasteiger partial charge >= 0.3 is 11.9 Å². The smallest absolute Gasteiger partial charge is 0.350 e. The molecule has 8 heteroatoms. The first-order valence-corrected chi connectivity index (χ1v) is 7.14. The van der Waals surface area contributed by atoms with Gasteiger partial charge in [0.25, 0.3) is 0 Å². The van der Waals surface area contributed by atoms with E-state index >= 15 is 0 Å². The minimum absolute atomic E-state index is 0.00986. The highest BCUT2D eigenvalue weighted by atomic mass is 35.5. The molecule has 0 atom stereocenters. The van der Waals surface area contributed by atoms with E-state index in [-0.39, 0.29) is 16.1 Å². The van der Waals surface area contributed by atoms with Crippen LogP contribution in [0.2, 0.25) is 10.0 Å². The second-order valence-corrected chi connectivity index (χ2v) is 5.40. The molecule has 0 aliphatic carbocycles. The van der Waals surface area contributed by atoms with Crippen molar-refractivity contribution in [2.45, 2.75) is 0 Å². The van der Waals surface area contributed by atoms with E-state index in [1.165, 1.54) is 14.2 Å². The van der Waals surface area contributed by atoms with Crippen LogP contribution >= 0.6 is 34.7 Å². The Labute approximate surface area is 134 Å². The zero-order valence-corrected chi connectivity index (χ0v) is 13.3. The second-order valence-electron chi connectivity index (χ2n) is 3.82. The number of methoxy groups -OCH3 is 2. The summed E-state index contributed by atoms with van der Waals surface area (Å²) < 4.78 is 13.5. The third-order valence-corrected chi connectivity index (χ3v) is 4.11. The van der Waals surface area contributed by atoms with E-state index in [2.05, 4.69) is 9.11 Å². The molecule has 21 heavy (non-hydrogen) atoms.